The molecule has 0 aromatic carbocycles. The predicted molar refractivity (Wildman–Crippen MR) is 258 cm³/mol. The minimum Gasteiger partial charge on any atom is -0.477 e. The Bertz CT molecular complexity index is 1290. The lowest BCUT2D eigenvalue weighted by atomic mass is 10.1. The molecule has 62 heavy (non-hydrogen) atoms. The van der Waals surface area contributed by atoms with E-state index in [0.717, 1.165) is 109 Å². The van der Waals surface area contributed by atoms with E-state index in [2.05, 4.69) is 98.9 Å². The van der Waals surface area contributed by atoms with Crippen LogP contribution in [-0.2, 0) is 33.3 Å². The van der Waals surface area contributed by atoms with Crippen LogP contribution in [0.2, 0.25) is 0 Å². The number of quaternary nitrogens is 1. The van der Waals surface area contributed by atoms with Gasteiger partial charge in [-0.15, -0.1) is 0 Å². The molecule has 0 aromatic heterocycles. The van der Waals surface area contributed by atoms with Crippen molar-refractivity contribution >= 4 is 17.9 Å². The molecule has 0 fully saturated rings. The van der Waals surface area contributed by atoms with Gasteiger partial charge in [-0.1, -0.05) is 163 Å². The van der Waals surface area contributed by atoms with Crippen molar-refractivity contribution in [2.75, 3.05) is 47.5 Å². The maximum Gasteiger partial charge on any atom is 0.361 e. The first-order valence-corrected chi connectivity index (χ1v) is 24.3. The third-order valence-corrected chi connectivity index (χ3v) is 9.89. The van der Waals surface area contributed by atoms with Gasteiger partial charge in [0, 0.05) is 12.8 Å². The van der Waals surface area contributed by atoms with Gasteiger partial charge in [-0.25, -0.2) is 4.79 Å². The van der Waals surface area contributed by atoms with E-state index < -0.39 is 24.3 Å². The molecule has 2 unspecified atom stereocenters. The Kier molecular flexibility index (Phi) is 41.6. The molecule has 0 bridgehead atoms. The van der Waals surface area contributed by atoms with Crippen LogP contribution in [0.5, 0.6) is 0 Å². The van der Waals surface area contributed by atoms with Crippen molar-refractivity contribution in [2.45, 2.75) is 187 Å². The molecule has 0 aromatic rings. The molecule has 1 N–H and O–H groups in total. The van der Waals surface area contributed by atoms with Crippen molar-refractivity contribution in [3.63, 3.8) is 0 Å². The second-order valence-corrected chi connectivity index (χ2v) is 17.0. The van der Waals surface area contributed by atoms with Crippen LogP contribution in [-0.4, -0.2) is 87.4 Å². The zero-order valence-corrected chi connectivity index (χ0v) is 40.0. The van der Waals surface area contributed by atoms with Crippen LogP contribution in [0.1, 0.15) is 174 Å². The van der Waals surface area contributed by atoms with E-state index in [4.69, 9.17) is 18.9 Å². The standard InChI is InChI=1S/C53H89NO8/c1-6-8-10-12-14-16-18-20-22-23-24-25-26-27-28-29-30-32-34-36-38-40-42-44-51(56)62-49(48-61-53(52(57)58)59-46-45-54(3,4)5)47-60-50(55)43-41-39-37-35-33-31-21-19-17-15-13-11-9-7-2/h8,10,13-16,19-22,24-25,27-28,49,53H,6-7,9,11-12,17-18,23,26,29-48H2,1-5H3/p+1/b10-8-,15-13-,16-14-,21-19-,22-20-,25-24-,28-27-. The second-order valence-electron chi connectivity index (χ2n) is 17.0. The molecule has 0 spiro atoms. The molecule has 0 amide bonds. The van der Waals surface area contributed by atoms with E-state index in [9.17, 15) is 19.5 Å². The molecule has 0 radical (unpaired) electrons. The Morgan fingerprint density at radius 1 is 0.500 bits per heavy atom. The number of aliphatic carboxylic acids is 1. The van der Waals surface area contributed by atoms with Crippen LogP contribution in [0, 0.1) is 0 Å². The summed E-state index contributed by atoms with van der Waals surface area (Å²) < 4.78 is 22.7. The summed E-state index contributed by atoms with van der Waals surface area (Å²) in [6, 6.07) is 0. The van der Waals surface area contributed by atoms with Gasteiger partial charge in [-0.05, 0) is 83.5 Å². The van der Waals surface area contributed by atoms with E-state index in [1.54, 1.807) is 0 Å². The van der Waals surface area contributed by atoms with E-state index in [-0.39, 0.29) is 38.6 Å². The van der Waals surface area contributed by atoms with Crippen LogP contribution < -0.4 is 0 Å². The number of ether oxygens (including phenoxy) is 4. The Hall–Kier alpha value is -3.53. The number of esters is 2. The van der Waals surface area contributed by atoms with Crippen molar-refractivity contribution in [1.29, 1.82) is 0 Å². The van der Waals surface area contributed by atoms with Gasteiger partial charge in [0.15, 0.2) is 6.10 Å². The van der Waals surface area contributed by atoms with Gasteiger partial charge >= 0.3 is 17.9 Å². The van der Waals surface area contributed by atoms with Crippen molar-refractivity contribution in [3.8, 4) is 0 Å². The number of rotatable bonds is 43. The maximum absolute atomic E-state index is 12.8. The number of likely N-dealkylation sites (N-methyl/N-ethyl adjacent to an activating group) is 1. The number of hydrogen-bond acceptors (Lipinski definition) is 7. The third kappa shape index (κ3) is 44.5. The fourth-order valence-corrected chi connectivity index (χ4v) is 6.11. The number of carbonyl (C=O) groups is 3. The highest BCUT2D eigenvalue weighted by Gasteiger charge is 2.25. The Morgan fingerprint density at radius 3 is 1.37 bits per heavy atom. The summed E-state index contributed by atoms with van der Waals surface area (Å²) in [6.45, 7) is 4.67. The highest BCUT2D eigenvalue weighted by molar-refractivity contribution is 5.71. The number of hydrogen-bond donors (Lipinski definition) is 1. The normalized spacial score (nSPS) is 13.6. The molecular formula is C53H90NO8+. The first-order valence-electron chi connectivity index (χ1n) is 24.3. The van der Waals surface area contributed by atoms with Gasteiger partial charge in [0.25, 0.3) is 6.29 Å². The molecule has 2 atom stereocenters. The summed E-state index contributed by atoms with van der Waals surface area (Å²) in [4.78, 5) is 37.2. The minimum absolute atomic E-state index is 0.178. The lowest BCUT2D eigenvalue weighted by Gasteiger charge is -2.25. The van der Waals surface area contributed by atoms with Crippen LogP contribution in [0.4, 0.5) is 0 Å². The monoisotopic (exact) mass is 869 g/mol. The number of unbranched alkanes of at least 4 members (excludes halogenated alkanes) is 14. The summed E-state index contributed by atoms with van der Waals surface area (Å²) in [5.74, 6) is -2.05. The first-order chi connectivity index (χ1) is 30.1. The molecule has 354 valence electrons. The zero-order chi connectivity index (χ0) is 45.6. The summed E-state index contributed by atoms with van der Waals surface area (Å²) >= 11 is 0. The molecule has 0 aliphatic heterocycles. The van der Waals surface area contributed by atoms with E-state index >= 15 is 0 Å². The van der Waals surface area contributed by atoms with Gasteiger partial charge in [-0.2, -0.15) is 0 Å². The lowest BCUT2D eigenvalue weighted by molar-refractivity contribution is -0.870. The maximum atomic E-state index is 12.8. The summed E-state index contributed by atoms with van der Waals surface area (Å²) in [5, 5.41) is 9.65. The Morgan fingerprint density at radius 2 is 0.919 bits per heavy atom. The molecule has 0 aliphatic carbocycles. The first kappa shape index (κ1) is 58.5. The summed E-state index contributed by atoms with van der Waals surface area (Å²) in [5.41, 5.74) is 0. The van der Waals surface area contributed by atoms with Crippen LogP contribution >= 0.6 is 0 Å². The Labute approximate surface area is 379 Å². The highest BCUT2D eigenvalue weighted by atomic mass is 16.7. The van der Waals surface area contributed by atoms with Gasteiger partial charge in [0.1, 0.15) is 13.2 Å². The molecule has 0 rings (SSSR count). The van der Waals surface area contributed by atoms with Crippen molar-refractivity contribution in [3.05, 3.63) is 85.1 Å². The average Bonchev–Trinajstić information content (AvgIpc) is 3.23. The average molecular weight is 869 g/mol. The predicted octanol–water partition coefficient (Wildman–Crippen LogP) is 13.3. The molecule has 0 saturated heterocycles. The quantitative estimate of drug-likeness (QED) is 0.0212. The minimum atomic E-state index is -1.52. The van der Waals surface area contributed by atoms with Crippen LogP contribution in [0.3, 0.4) is 0 Å². The fraction of sp³-hybridized carbons (Fsp3) is 0.679. The Balaban J connectivity index is 4.42. The second kappa shape index (κ2) is 44.1. The molecule has 0 heterocycles. The van der Waals surface area contributed by atoms with E-state index in [0.29, 0.717) is 17.4 Å². The van der Waals surface area contributed by atoms with Crippen LogP contribution in [0.25, 0.3) is 0 Å². The van der Waals surface area contributed by atoms with Gasteiger partial charge in [0.05, 0.1) is 34.4 Å². The summed E-state index contributed by atoms with van der Waals surface area (Å²) in [6.07, 6.45) is 53.5. The van der Waals surface area contributed by atoms with Crippen molar-refractivity contribution in [2.24, 2.45) is 0 Å². The smallest absolute Gasteiger partial charge is 0.361 e. The number of carbonyl (C=O) groups excluding carboxylic acids is 2. The van der Waals surface area contributed by atoms with E-state index in [1.807, 2.05) is 21.1 Å². The number of carboxylic acid groups (broad SMARTS) is 1. The van der Waals surface area contributed by atoms with Gasteiger partial charge in [0.2, 0.25) is 0 Å². The third-order valence-electron chi connectivity index (χ3n) is 9.89. The summed E-state index contributed by atoms with van der Waals surface area (Å²) in [7, 11) is 5.94. The van der Waals surface area contributed by atoms with Crippen LogP contribution in [0.15, 0.2) is 85.1 Å². The number of carboxylic acids is 1. The van der Waals surface area contributed by atoms with E-state index in [1.165, 1.54) is 32.1 Å². The molecule has 0 saturated carbocycles. The number of nitrogens with zero attached hydrogens (tertiary/aromatic N) is 1. The fourth-order valence-electron chi connectivity index (χ4n) is 6.11. The number of allylic oxidation sites excluding steroid dienone is 14. The van der Waals surface area contributed by atoms with Gasteiger partial charge in [-0.3, -0.25) is 9.59 Å². The van der Waals surface area contributed by atoms with Gasteiger partial charge < -0.3 is 28.5 Å². The lowest BCUT2D eigenvalue weighted by Crippen LogP contribution is -2.40. The largest absolute Gasteiger partial charge is 0.477 e. The topological polar surface area (TPSA) is 108 Å². The molecule has 0 aliphatic rings. The SMILES string of the molecule is CC/C=C\C/C=C\C/C=C\C/C=C\C/C=C\CCCCCCCCCC(=O)OC(COC(=O)CCCCCCC/C=C\C/C=C\CCCC)COC(OCC[N+](C)(C)C)C(=O)O. The molecule has 9 heteroatoms. The highest BCUT2D eigenvalue weighted by Crippen LogP contribution is 2.13. The van der Waals surface area contributed by atoms with Crippen molar-refractivity contribution < 1.29 is 42.9 Å². The molecular weight excluding hydrogens is 779 g/mol. The van der Waals surface area contributed by atoms with Crippen molar-refractivity contribution in [1.82, 2.24) is 0 Å². The zero-order valence-electron chi connectivity index (χ0n) is 40.0. The molecule has 9 nitrogen and oxygen atoms in total.